The number of aliphatic hydroxyl groups is 1. The molecule has 0 spiro atoms. The number of carbonyl (C=O) groups is 1. The van der Waals surface area contributed by atoms with Gasteiger partial charge in [0.15, 0.2) is 0 Å². The maximum absolute atomic E-state index is 13.6. The van der Waals surface area contributed by atoms with Crippen LogP contribution in [0, 0.1) is 5.82 Å². The third-order valence-electron chi connectivity index (χ3n) is 5.72. The predicted molar refractivity (Wildman–Crippen MR) is 127 cm³/mol. The monoisotopic (exact) mass is 484 g/mol. The van der Waals surface area contributed by atoms with Crippen LogP contribution in [0.1, 0.15) is 10.4 Å². The van der Waals surface area contributed by atoms with Gasteiger partial charge in [-0.1, -0.05) is 5.21 Å². The van der Waals surface area contributed by atoms with E-state index >= 15 is 0 Å². The van der Waals surface area contributed by atoms with Crippen LogP contribution in [0.3, 0.4) is 0 Å². The van der Waals surface area contributed by atoms with E-state index in [4.69, 9.17) is 0 Å². The quantitative estimate of drug-likeness (QED) is 0.406. The van der Waals surface area contributed by atoms with Gasteiger partial charge in [-0.3, -0.25) is 9.59 Å². The summed E-state index contributed by atoms with van der Waals surface area (Å²) in [5.74, 6) is -0.498. The Morgan fingerprint density at radius 1 is 1.18 bits per heavy atom. The van der Waals surface area contributed by atoms with E-state index in [0.717, 1.165) is 0 Å². The molecule has 176 valence electrons. The molecule has 0 saturated carbocycles. The van der Waals surface area contributed by atoms with E-state index in [1.54, 1.807) is 41.4 Å². The van der Waals surface area contributed by atoms with Gasteiger partial charge in [0.05, 0.1) is 24.1 Å². The first-order valence-corrected chi connectivity index (χ1v) is 10.5. The number of aliphatic hydroxyl groups excluding tert-OH is 1. The number of benzene rings is 2. The lowest BCUT2D eigenvalue weighted by Gasteiger charge is -2.32. The number of amides is 1. The Balaban J connectivity index is 0.00000274. The zero-order valence-electron chi connectivity index (χ0n) is 17.9. The Morgan fingerprint density at radius 3 is 2.74 bits per heavy atom. The highest BCUT2D eigenvalue weighted by Crippen LogP contribution is 2.20. The van der Waals surface area contributed by atoms with E-state index < -0.39 is 5.82 Å². The maximum Gasteiger partial charge on any atom is 0.258 e. The number of halogens is 2. The molecule has 2 aromatic heterocycles. The fraction of sp³-hybridized carbons (Fsp3) is 0.217. The van der Waals surface area contributed by atoms with Crippen LogP contribution in [-0.2, 0) is 0 Å². The van der Waals surface area contributed by atoms with Gasteiger partial charge < -0.3 is 20.3 Å². The van der Waals surface area contributed by atoms with Crippen LogP contribution in [0.15, 0.2) is 59.5 Å². The fourth-order valence-electron chi connectivity index (χ4n) is 3.95. The van der Waals surface area contributed by atoms with E-state index in [9.17, 15) is 19.1 Å². The van der Waals surface area contributed by atoms with Crippen LogP contribution < -0.4 is 10.9 Å². The average molecular weight is 485 g/mol. The molecule has 1 atom stereocenters. The second kappa shape index (κ2) is 9.72. The molecule has 34 heavy (non-hydrogen) atoms. The van der Waals surface area contributed by atoms with Crippen LogP contribution >= 0.6 is 12.4 Å². The van der Waals surface area contributed by atoms with Crippen molar-refractivity contribution in [2.75, 3.05) is 26.2 Å². The Hall–Kier alpha value is -3.60. The number of rotatable bonds is 4. The second-order valence-corrected chi connectivity index (χ2v) is 7.92. The number of piperazine rings is 1. The molecule has 1 amide bonds. The first-order chi connectivity index (χ1) is 16.0. The molecule has 1 aliphatic heterocycles. The minimum absolute atomic E-state index is 0. The summed E-state index contributed by atoms with van der Waals surface area (Å²) in [6.07, 6.45) is 1.61. The topological polar surface area (TPSA) is 116 Å². The van der Waals surface area contributed by atoms with Gasteiger partial charge in [-0.2, -0.15) is 0 Å². The van der Waals surface area contributed by atoms with Gasteiger partial charge in [-0.05, 0) is 48.5 Å². The van der Waals surface area contributed by atoms with E-state index in [1.165, 1.54) is 22.9 Å². The van der Waals surface area contributed by atoms with Crippen LogP contribution in [0.4, 0.5) is 4.39 Å². The molecule has 4 aromatic rings. The summed E-state index contributed by atoms with van der Waals surface area (Å²) < 4.78 is 15.1. The van der Waals surface area contributed by atoms with Crippen molar-refractivity contribution in [3.8, 4) is 16.9 Å². The lowest BCUT2D eigenvalue weighted by molar-refractivity contribution is 0.0671. The SMILES string of the molecule is Cl.O=C(c1ccc(-n2cc(-c3cc4cc(F)ccc4[nH]c3=O)nn2)cc1)N1CCNC(CO)C1. The number of H-pyrrole nitrogens is 1. The Labute approximate surface area is 199 Å². The third kappa shape index (κ3) is 4.56. The fourth-order valence-corrected chi connectivity index (χ4v) is 3.95. The number of aromatic nitrogens is 4. The molecule has 1 aliphatic rings. The van der Waals surface area contributed by atoms with Crippen molar-refractivity contribution in [1.82, 2.24) is 30.2 Å². The minimum Gasteiger partial charge on any atom is -0.395 e. The van der Waals surface area contributed by atoms with Gasteiger partial charge in [0.25, 0.3) is 11.5 Å². The summed E-state index contributed by atoms with van der Waals surface area (Å²) in [6, 6.07) is 12.5. The van der Waals surface area contributed by atoms with Crippen molar-refractivity contribution in [1.29, 1.82) is 0 Å². The normalized spacial score (nSPS) is 15.8. The van der Waals surface area contributed by atoms with Gasteiger partial charge in [0.1, 0.15) is 11.5 Å². The molecule has 9 nitrogen and oxygen atoms in total. The molecule has 0 radical (unpaired) electrons. The maximum atomic E-state index is 13.6. The molecule has 1 fully saturated rings. The largest absolute Gasteiger partial charge is 0.395 e. The summed E-state index contributed by atoms with van der Waals surface area (Å²) in [5.41, 5.74) is 2.02. The lowest BCUT2D eigenvalue weighted by Crippen LogP contribution is -2.54. The number of nitrogens with one attached hydrogen (secondary N) is 2. The molecule has 0 aliphatic carbocycles. The number of nitrogens with zero attached hydrogens (tertiary/aromatic N) is 4. The number of pyridine rings is 1. The summed E-state index contributed by atoms with van der Waals surface area (Å²) in [4.78, 5) is 29.7. The van der Waals surface area contributed by atoms with E-state index in [1.807, 2.05) is 0 Å². The highest BCUT2D eigenvalue weighted by Gasteiger charge is 2.23. The van der Waals surface area contributed by atoms with Crippen molar-refractivity contribution in [3.63, 3.8) is 0 Å². The third-order valence-corrected chi connectivity index (χ3v) is 5.72. The molecule has 11 heteroatoms. The highest BCUT2D eigenvalue weighted by molar-refractivity contribution is 5.94. The summed E-state index contributed by atoms with van der Waals surface area (Å²) >= 11 is 0. The van der Waals surface area contributed by atoms with Crippen molar-refractivity contribution in [2.45, 2.75) is 6.04 Å². The summed E-state index contributed by atoms with van der Waals surface area (Å²) in [7, 11) is 0. The number of fused-ring (bicyclic) bond motifs is 1. The van der Waals surface area contributed by atoms with Crippen molar-refractivity contribution < 1.29 is 14.3 Å². The molecule has 3 N–H and O–H groups in total. The van der Waals surface area contributed by atoms with Crippen LogP contribution in [0.2, 0.25) is 0 Å². The van der Waals surface area contributed by atoms with Crippen LogP contribution in [0.25, 0.3) is 27.8 Å². The molecular formula is C23H22ClFN6O3. The van der Waals surface area contributed by atoms with E-state index in [-0.39, 0.29) is 42.1 Å². The Morgan fingerprint density at radius 2 is 1.97 bits per heavy atom. The van der Waals surface area contributed by atoms with E-state index in [0.29, 0.717) is 47.5 Å². The minimum atomic E-state index is -0.397. The second-order valence-electron chi connectivity index (χ2n) is 7.92. The van der Waals surface area contributed by atoms with Crippen LogP contribution in [-0.4, -0.2) is 68.2 Å². The molecule has 1 unspecified atom stereocenters. The predicted octanol–water partition coefficient (Wildman–Crippen LogP) is 1.74. The van der Waals surface area contributed by atoms with Crippen LogP contribution in [0.5, 0.6) is 0 Å². The zero-order valence-corrected chi connectivity index (χ0v) is 18.8. The van der Waals surface area contributed by atoms with Gasteiger partial charge in [0, 0.05) is 42.1 Å². The lowest BCUT2D eigenvalue weighted by atomic mass is 10.1. The molecule has 1 saturated heterocycles. The van der Waals surface area contributed by atoms with E-state index in [2.05, 4.69) is 20.6 Å². The molecule has 2 aromatic carbocycles. The van der Waals surface area contributed by atoms with Crippen molar-refractivity contribution in [2.24, 2.45) is 0 Å². The summed E-state index contributed by atoms with van der Waals surface area (Å²) in [6.45, 7) is 1.64. The number of carbonyl (C=O) groups excluding carboxylic acids is 1. The van der Waals surface area contributed by atoms with Gasteiger partial charge in [0.2, 0.25) is 0 Å². The smallest absolute Gasteiger partial charge is 0.258 e. The number of hydrogen-bond acceptors (Lipinski definition) is 6. The first kappa shape index (κ1) is 23.6. The molecular weight excluding hydrogens is 463 g/mol. The average Bonchev–Trinajstić information content (AvgIpc) is 3.33. The Kier molecular flexibility index (Phi) is 6.73. The number of aromatic amines is 1. The van der Waals surface area contributed by atoms with Gasteiger partial charge >= 0.3 is 0 Å². The van der Waals surface area contributed by atoms with Gasteiger partial charge in [-0.15, -0.1) is 17.5 Å². The van der Waals surface area contributed by atoms with Gasteiger partial charge in [-0.25, -0.2) is 9.07 Å². The molecule has 0 bridgehead atoms. The zero-order chi connectivity index (χ0) is 22.9. The van der Waals surface area contributed by atoms with Crippen molar-refractivity contribution in [3.05, 3.63) is 76.5 Å². The Bertz CT molecular complexity index is 1390. The standard InChI is InChI=1S/C23H21FN6O3.ClH/c24-16-3-6-20-15(9-16)10-19(22(32)26-20)21-12-30(28-27-21)18-4-1-14(2-5-18)23(33)29-8-7-25-17(11-29)13-31;/h1-6,9-10,12,17,25,31H,7-8,11,13H2,(H,26,32);1H. The number of hydrogen-bond donors (Lipinski definition) is 3. The first-order valence-electron chi connectivity index (χ1n) is 10.5. The molecule has 3 heterocycles. The van der Waals surface area contributed by atoms with Crippen molar-refractivity contribution >= 4 is 29.2 Å². The summed E-state index contributed by atoms with van der Waals surface area (Å²) in [5, 5.41) is 21.2. The molecule has 5 rings (SSSR count). The highest BCUT2D eigenvalue weighted by atomic mass is 35.5.